The molecule has 1 saturated heterocycles. The van der Waals surface area contributed by atoms with Gasteiger partial charge in [0.05, 0.1) is 25.6 Å². The maximum absolute atomic E-state index is 9.14. The summed E-state index contributed by atoms with van der Waals surface area (Å²) in [6.07, 6.45) is 8.18. The summed E-state index contributed by atoms with van der Waals surface area (Å²) in [5.74, 6) is 2.20. The molecule has 0 radical (unpaired) electrons. The first-order valence-electron chi connectivity index (χ1n) is 9.94. The monoisotopic (exact) mass is 351 g/mol. The Morgan fingerprint density at radius 2 is 2.31 bits per heavy atom. The number of allylic oxidation sites excluding steroid dienone is 1. The molecule has 4 nitrogen and oxygen atoms in total. The average Bonchev–Trinajstić information content (AvgIpc) is 3.06. The molecule has 3 aliphatic rings. The fourth-order valence-corrected chi connectivity index (χ4v) is 5.36. The lowest BCUT2D eigenvalue weighted by molar-refractivity contribution is 0.0629. The Morgan fingerprint density at radius 3 is 3.04 bits per heavy atom. The standard InChI is InChI=1S/C22H29N3O/c1-4-15-13-25-11-9-16-21-18(6-5-7-20(21)26-3)24-22(16)19(25)12-17(15)14(2)8-10-23/h6,15,17,19,24H,2,4-5,7-9,11-13H2,1,3H3. The summed E-state index contributed by atoms with van der Waals surface area (Å²) in [7, 11) is 1.80. The molecule has 1 fully saturated rings. The van der Waals surface area contributed by atoms with Crippen molar-refractivity contribution < 1.29 is 4.74 Å². The Hall–Kier alpha value is -1.99. The van der Waals surface area contributed by atoms with Crippen molar-refractivity contribution in [1.29, 1.82) is 5.26 Å². The zero-order chi connectivity index (χ0) is 18.3. The lowest BCUT2D eigenvalue weighted by atomic mass is 9.73. The molecule has 3 unspecified atom stereocenters. The van der Waals surface area contributed by atoms with Crippen molar-refractivity contribution in [2.24, 2.45) is 11.8 Å². The van der Waals surface area contributed by atoms with Crippen molar-refractivity contribution in [2.75, 3.05) is 20.2 Å². The number of aromatic amines is 1. The van der Waals surface area contributed by atoms with Crippen LogP contribution >= 0.6 is 0 Å². The van der Waals surface area contributed by atoms with E-state index in [2.05, 4.69) is 35.5 Å². The molecule has 1 aliphatic carbocycles. The number of methoxy groups -OCH3 is 1. The van der Waals surface area contributed by atoms with Crippen LogP contribution in [0.1, 0.15) is 56.3 Å². The molecule has 0 spiro atoms. The van der Waals surface area contributed by atoms with E-state index in [0.29, 0.717) is 24.3 Å². The highest BCUT2D eigenvalue weighted by Crippen LogP contribution is 2.43. The topological polar surface area (TPSA) is 52.0 Å². The Labute approximate surface area is 155 Å². The number of H-pyrrole nitrogens is 1. The molecule has 1 N–H and O–H groups in total. The van der Waals surface area contributed by atoms with E-state index in [1.165, 1.54) is 21.8 Å². The predicted octanol–water partition coefficient (Wildman–Crippen LogP) is 2.76. The van der Waals surface area contributed by atoms with Gasteiger partial charge in [-0.15, -0.1) is 0 Å². The number of hydrogen-bond acceptors (Lipinski definition) is 3. The van der Waals surface area contributed by atoms with E-state index in [0.717, 1.165) is 56.5 Å². The van der Waals surface area contributed by atoms with Gasteiger partial charge in [0.1, 0.15) is 5.76 Å². The van der Waals surface area contributed by atoms with Crippen LogP contribution < -0.4 is 10.6 Å². The molecule has 2 aliphatic heterocycles. The minimum absolute atomic E-state index is 0.416. The van der Waals surface area contributed by atoms with E-state index in [9.17, 15) is 0 Å². The van der Waals surface area contributed by atoms with E-state index >= 15 is 0 Å². The zero-order valence-electron chi connectivity index (χ0n) is 16.0. The van der Waals surface area contributed by atoms with Gasteiger partial charge in [0.15, 0.2) is 0 Å². The molecule has 0 bridgehead atoms. The highest BCUT2D eigenvalue weighted by molar-refractivity contribution is 5.50. The SMILES string of the molecule is C=C(CC#N)C1CC2c3[nH]c4c(c3CCN2CC1CC)=C(OC)CCC=4. The summed E-state index contributed by atoms with van der Waals surface area (Å²) >= 11 is 0. The minimum atomic E-state index is 0.416. The van der Waals surface area contributed by atoms with Gasteiger partial charge in [-0.2, -0.15) is 5.26 Å². The Morgan fingerprint density at radius 1 is 1.46 bits per heavy atom. The van der Waals surface area contributed by atoms with Gasteiger partial charge in [0.2, 0.25) is 0 Å². The molecule has 0 saturated carbocycles. The van der Waals surface area contributed by atoms with E-state index in [1.807, 2.05) is 0 Å². The Balaban J connectivity index is 1.75. The van der Waals surface area contributed by atoms with Gasteiger partial charge in [-0.05, 0) is 36.7 Å². The summed E-state index contributed by atoms with van der Waals surface area (Å²) in [4.78, 5) is 6.40. The smallest absolute Gasteiger partial charge is 0.105 e. The second kappa shape index (κ2) is 6.96. The maximum atomic E-state index is 9.14. The molecule has 3 atom stereocenters. The van der Waals surface area contributed by atoms with Crippen molar-refractivity contribution in [2.45, 2.75) is 51.5 Å². The normalized spacial score (nSPS) is 27.6. The van der Waals surface area contributed by atoms with Crippen LogP contribution in [0.4, 0.5) is 0 Å². The number of piperidine rings is 1. The van der Waals surface area contributed by atoms with Crippen molar-refractivity contribution in [3.63, 3.8) is 0 Å². The summed E-state index contributed by atoms with van der Waals surface area (Å²) < 4.78 is 5.72. The molecule has 0 amide bonds. The fraction of sp³-hybridized carbons (Fsp3) is 0.591. The van der Waals surface area contributed by atoms with Crippen LogP contribution in [-0.4, -0.2) is 30.1 Å². The fourth-order valence-electron chi connectivity index (χ4n) is 5.36. The highest BCUT2D eigenvalue weighted by atomic mass is 16.5. The first kappa shape index (κ1) is 17.4. The third kappa shape index (κ3) is 2.70. The third-order valence-electron chi connectivity index (χ3n) is 6.70. The van der Waals surface area contributed by atoms with Crippen LogP contribution in [0.3, 0.4) is 0 Å². The molecule has 3 heterocycles. The summed E-state index contributed by atoms with van der Waals surface area (Å²) in [5, 5.41) is 11.7. The van der Waals surface area contributed by atoms with Crippen LogP contribution in [0.25, 0.3) is 11.8 Å². The number of rotatable bonds is 4. The molecule has 26 heavy (non-hydrogen) atoms. The van der Waals surface area contributed by atoms with E-state index < -0.39 is 0 Å². The summed E-state index contributed by atoms with van der Waals surface area (Å²) in [5.41, 5.74) is 3.98. The molecule has 4 heteroatoms. The quantitative estimate of drug-likeness (QED) is 0.849. The number of nitrogens with one attached hydrogen (secondary N) is 1. The number of hydrogen-bond donors (Lipinski definition) is 1. The first-order chi connectivity index (χ1) is 12.7. The van der Waals surface area contributed by atoms with Crippen molar-refractivity contribution in [1.82, 2.24) is 9.88 Å². The van der Waals surface area contributed by atoms with Gasteiger partial charge in [0.25, 0.3) is 0 Å². The van der Waals surface area contributed by atoms with Gasteiger partial charge in [-0.1, -0.05) is 31.6 Å². The Bertz CT molecular complexity index is 872. The number of aromatic nitrogens is 1. The average molecular weight is 351 g/mol. The van der Waals surface area contributed by atoms with Crippen LogP contribution in [0.2, 0.25) is 0 Å². The first-order valence-corrected chi connectivity index (χ1v) is 9.94. The number of nitrogens with zero attached hydrogens (tertiary/aromatic N) is 2. The number of nitriles is 1. The molecule has 0 aromatic carbocycles. The highest BCUT2D eigenvalue weighted by Gasteiger charge is 2.40. The number of fused-ring (bicyclic) bond motifs is 5. The third-order valence-corrected chi connectivity index (χ3v) is 6.70. The van der Waals surface area contributed by atoms with Gasteiger partial charge in [0, 0.05) is 35.8 Å². The minimum Gasteiger partial charge on any atom is -0.500 e. The van der Waals surface area contributed by atoms with E-state index in [1.54, 1.807) is 7.11 Å². The van der Waals surface area contributed by atoms with Gasteiger partial charge < -0.3 is 9.72 Å². The molecular formula is C22H29N3O. The van der Waals surface area contributed by atoms with E-state index in [4.69, 9.17) is 10.00 Å². The van der Waals surface area contributed by atoms with Crippen molar-refractivity contribution in [3.05, 3.63) is 34.0 Å². The van der Waals surface area contributed by atoms with Crippen LogP contribution in [0.5, 0.6) is 0 Å². The molecular weight excluding hydrogens is 322 g/mol. The predicted molar refractivity (Wildman–Crippen MR) is 103 cm³/mol. The van der Waals surface area contributed by atoms with Crippen LogP contribution in [0, 0.1) is 23.2 Å². The second-order valence-electron chi connectivity index (χ2n) is 7.94. The van der Waals surface area contributed by atoms with Gasteiger partial charge >= 0.3 is 0 Å². The molecule has 1 aromatic heterocycles. The molecule has 138 valence electrons. The van der Waals surface area contributed by atoms with Crippen LogP contribution in [0.15, 0.2) is 12.2 Å². The van der Waals surface area contributed by atoms with Crippen molar-refractivity contribution in [3.8, 4) is 6.07 Å². The van der Waals surface area contributed by atoms with E-state index in [-0.39, 0.29) is 0 Å². The summed E-state index contributed by atoms with van der Waals surface area (Å²) in [6.45, 7) is 8.77. The van der Waals surface area contributed by atoms with Gasteiger partial charge in [-0.25, -0.2) is 0 Å². The zero-order valence-corrected chi connectivity index (χ0v) is 16.0. The number of ether oxygens (including phenoxy) is 1. The largest absolute Gasteiger partial charge is 0.500 e. The molecule has 4 rings (SSSR count). The Kier molecular flexibility index (Phi) is 4.67. The summed E-state index contributed by atoms with van der Waals surface area (Å²) in [6, 6.07) is 2.72. The maximum Gasteiger partial charge on any atom is 0.105 e. The van der Waals surface area contributed by atoms with Crippen LogP contribution in [-0.2, 0) is 11.2 Å². The second-order valence-corrected chi connectivity index (χ2v) is 7.94. The van der Waals surface area contributed by atoms with Crippen molar-refractivity contribution >= 4 is 11.8 Å². The molecule has 1 aromatic rings. The van der Waals surface area contributed by atoms with Gasteiger partial charge in [-0.3, -0.25) is 4.90 Å². The lowest BCUT2D eigenvalue weighted by Crippen LogP contribution is -2.46. The lowest BCUT2D eigenvalue weighted by Gasteiger charge is -2.46.